The summed E-state index contributed by atoms with van der Waals surface area (Å²) in [4.78, 5) is 40.3. The van der Waals surface area contributed by atoms with Gasteiger partial charge < -0.3 is 24.4 Å². The summed E-state index contributed by atoms with van der Waals surface area (Å²) in [7, 11) is 0. The van der Waals surface area contributed by atoms with E-state index in [2.05, 4.69) is 10.3 Å². The van der Waals surface area contributed by atoms with Crippen LogP contribution in [-0.2, 0) is 13.0 Å². The normalized spacial score (nSPS) is 13.2. The van der Waals surface area contributed by atoms with E-state index in [1.807, 2.05) is 0 Å². The lowest BCUT2D eigenvalue weighted by Crippen LogP contribution is -2.32. The van der Waals surface area contributed by atoms with Crippen LogP contribution in [-0.4, -0.2) is 33.1 Å². The molecule has 0 aliphatic carbocycles. The second-order valence-corrected chi connectivity index (χ2v) is 8.43. The Morgan fingerprint density at radius 2 is 2.00 bits per heavy atom. The lowest BCUT2D eigenvalue weighted by atomic mass is 9.97. The maximum Gasteiger partial charge on any atom is 0.353 e. The molecule has 0 radical (unpaired) electrons. The summed E-state index contributed by atoms with van der Waals surface area (Å²) in [5.41, 5.74) is 1.73. The molecule has 0 fully saturated rings. The van der Waals surface area contributed by atoms with Gasteiger partial charge in [-0.15, -0.1) is 0 Å². The summed E-state index contributed by atoms with van der Waals surface area (Å²) in [6.45, 7) is 0.269. The van der Waals surface area contributed by atoms with Crippen LogP contribution in [0.15, 0.2) is 64.1 Å². The highest BCUT2D eigenvalue weighted by Gasteiger charge is 2.28. The third-order valence-electron chi connectivity index (χ3n) is 6.46. The monoisotopic (exact) mass is 471 g/mol. The lowest BCUT2D eigenvalue weighted by Gasteiger charge is -2.18. The number of furan rings is 1. The van der Waals surface area contributed by atoms with Crippen LogP contribution in [0.2, 0.25) is 0 Å². The number of halogens is 1. The number of fused-ring (bicyclic) bond motifs is 4. The number of nitrogens with zero attached hydrogens (tertiary/aromatic N) is 1. The molecule has 0 saturated carbocycles. The summed E-state index contributed by atoms with van der Waals surface area (Å²) in [6, 6.07) is 11.2. The van der Waals surface area contributed by atoms with Crippen molar-refractivity contribution in [2.75, 3.05) is 6.54 Å². The van der Waals surface area contributed by atoms with Crippen LogP contribution in [0.25, 0.3) is 33.0 Å². The van der Waals surface area contributed by atoms with Gasteiger partial charge in [0, 0.05) is 34.8 Å². The second kappa shape index (κ2) is 7.69. The Balaban J connectivity index is 1.67. The van der Waals surface area contributed by atoms with Gasteiger partial charge >= 0.3 is 5.97 Å². The average Bonchev–Trinajstić information content (AvgIpc) is 3.43. The summed E-state index contributed by atoms with van der Waals surface area (Å²) >= 11 is 0. The number of nitrogens with one attached hydrogen (secondary N) is 2. The van der Waals surface area contributed by atoms with Crippen molar-refractivity contribution in [3.63, 3.8) is 0 Å². The average molecular weight is 471 g/mol. The molecule has 0 unspecified atom stereocenters. The Kier molecular flexibility index (Phi) is 4.60. The van der Waals surface area contributed by atoms with Crippen LogP contribution in [0.3, 0.4) is 0 Å². The van der Waals surface area contributed by atoms with E-state index in [1.165, 1.54) is 35.2 Å². The fourth-order valence-corrected chi connectivity index (χ4v) is 4.90. The molecule has 0 saturated heterocycles. The van der Waals surface area contributed by atoms with Crippen LogP contribution in [0.4, 0.5) is 4.39 Å². The molecule has 35 heavy (non-hydrogen) atoms. The van der Waals surface area contributed by atoms with E-state index in [4.69, 9.17) is 4.42 Å². The van der Waals surface area contributed by atoms with Gasteiger partial charge in [-0.3, -0.25) is 9.59 Å². The fraction of sp³-hybridized carbons (Fsp3) is 0.115. The van der Waals surface area contributed by atoms with Gasteiger partial charge in [0.25, 0.3) is 11.5 Å². The molecule has 0 atom stereocenters. The van der Waals surface area contributed by atoms with Crippen LogP contribution in [0.5, 0.6) is 0 Å². The van der Waals surface area contributed by atoms with Crippen molar-refractivity contribution < 1.29 is 23.5 Å². The van der Waals surface area contributed by atoms with Crippen LogP contribution in [0, 0.1) is 5.82 Å². The Labute approximate surface area is 196 Å². The number of hydrogen-bond acceptors (Lipinski definition) is 4. The van der Waals surface area contributed by atoms with E-state index in [-0.39, 0.29) is 34.8 Å². The first-order chi connectivity index (χ1) is 16.9. The van der Waals surface area contributed by atoms with Crippen molar-refractivity contribution in [2.24, 2.45) is 0 Å². The smallest absolute Gasteiger partial charge is 0.353 e. The number of amides is 1. The SMILES string of the molecule is O=C1NCCc2cc(F)c(Cn3c(C(=O)O)c(-c4ccc[nH]c4=O)c4c5occc5ccc43)cc21. The molecule has 174 valence electrons. The molecular weight excluding hydrogens is 453 g/mol. The summed E-state index contributed by atoms with van der Waals surface area (Å²) < 4.78 is 22.3. The summed E-state index contributed by atoms with van der Waals surface area (Å²) in [5, 5.41) is 14.2. The van der Waals surface area contributed by atoms with Crippen LogP contribution >= 0.6 is 0 Å². The van der Waals surface area contributed by atoms with Crippen molar-refractivity contribution in [2.45, 2.75) is 13.0 Å². The molecule has 1 amide bonds. The maximum atomic E-state index is 15.2. The zero-order valence-corrected chi connectivity index (χ0v) is 18.2. The number of aromatic nitrogens is 2. The molecule has 1 aliphatic heterocycles. The van der Waals surface area contributed by atoms with Crippen LogP contribution < -0.4 is 10.9 Å². The molecule has 1 aliphatic rings. The first kappa shape index (κ1) is 20.9. The summed E-state index contributed by atoms with van der Waals surface area (Å²) in [5.74, 6) is -2.11. The molecule has 4 heterocycles. The number of carboxylic acid groups (broad SMARTS) is 1. The highest BCUT2D eigenvalue weighted by molar-refractivity contribution is 6.17. The number of rotatable bonds is 4. The van der Waals surface area contributed by atoms with E-state index < -0.39 is 17.3 Å². The number of aromatic amines is 1. The van der Waals surface area contributed by atoms with Gasteiger partial charge in [0.15, 0.2) is 0 Å². The highest BCUT2D eigenvalue weighted by atomic mass is 19.1. The van der Waals surface area contributed by atoms with Gasteiger partial charge in [-0.05, 0) is 54.4 Å². The first-order valence-corrected chi connectivity index (χ1v) is 11.0. The number of carboxylic acids is 1. The fourth-order valence-electron chi connectivity index (χ4n) is 4.90. The Morgan fingerprint density at radius 1 is 1.14 bits per heavy atom. The van der Waals surface area contributed by atoms with Gasteiger partial charge in [-0.1, -0.05) is 0 Å². The van der Waals surface area contributed by atoms with Crippen LogP contribution in [0.1, 0.15) is 32.0 Å². The number of carbonyl (C=O) groups is 2. The maximum absolute atomic E-state index is 15.2. The van der Waals surface area contributed by atoms with Crippen molar-refractivity contribution in [1.29, 1.82) is 0 Å². The van der Waals surface area contributed by atoms with Crippen molar-refractivity contribution in [3.05, 3.63) is 93.5 Å². The van der Waals surface area contributed by atoms with E-state index >= 15 is 4.39 Å². The van der Waals surface area contributed by atoms with Gasteiger partial charge in [-0.25, -0.2) is 9.18 Å². The first-order valence-electron chi connectivity index (χ1n) is 11.0. The predicted octanol–water partition coefficient (Wildman–Crippen LogP) is 3.91. The van der Waals surface area contributed by atoms with Crippen molar-refractivity contribution >= 4 is 33.7 Å². The van der Waals surface area contributed by atoms with E-state index in [0.717, 1.165) is 5.39 Å². The van der Waals surface area contributed by atoms with Gasteiger partial charge in [-0.2, -0.15) is 0 Å². The van der Waals surface area contributed by atoms with Crippen molar-refractivity contribution in [3.8, 4) is 11.1 Å². The molecule has 9 heteroatoms. The van der Waals surface area contributed by atoms with Gasteiger partial charge in [0.2, 0.25) is 0 Å². The topological polar surface area (TPSA) is 117 Å². The molecule has 5 aromatic rings. The Bertz CT molecular complexity index is 1740. The van der Waals surface area contributed by atoms with E-state index in [1.54, 1.807) is 24.3 Å². The minimum atomic E-state index is -1.28. The second-order valence-electron chi connectivity index (χ2n) is 8.43. The third kappa shape index (κ3) is 3.16. The van der Waals surface area contributed by atoms with E-state index in [9.17, 15) is 19.5 Å². The highest BCUT2D eigenvalue weighted by Crippen LogP contribution is 2.39. The number of benzene rings is 2. The number of carbonyl (C=O) groups excluding carboxylic acids is 1. The molecule has 2 aromatic carbocycles. The predicted molar refractivity (Wildman–Crippen MR) is 126 cm³/mol. The Hall–Kier alpha value is -4.66. The minimum absolute atomic E-state index is 0.155. The number of pyridine rings is 1. The van der Waals surface area contributed by atoms with E-state index in [0.29, 0.717) is 40.6 Å². The summed E-state index contributed by atoms with van der Waals surface area (Å²) in [6.07, 6.45) is 3.46. The molecule has 3 aromatic heterocycles. The minimum Gasteiger partial charge on any atom is -0.477 e. The molecule has 3 N–H and O–H groups in total. The van der Waals surface area contributed by atoms with Gasteiger partial charge in [0.1, 0.15) is 17.1 Å². The third-order valence-corrected chi connectivity index (χ3v) is 6.46. The molecule has 8 nitrogen and oxygen atoms in total. The lowest BCUT2D eigenvalue weighted by molar-refractivity contribution is 0.0686. The molecule has 0 bridgehead atoms. The molecule has 0 spiro atoms. The quantitative estimate of drug-likeness (QED) is 0.367. The number of aromatic carboxylic acids is 1. The zero-order valence-electron chi connectivity index (χ0n) is 18.2. The Morgan fingerprint density at radius 3 is 2.80 bits per heavy atom. The van der Waals surface area contributed by atoms with Crippen molar-refractivity contribution in [1.82, 2.24) is 14.9 Å². The molecular formula is C26H18FN3O5. The number of hydrogen-bond donors (Lipinski definition) is 3. The van der Waals surface area contributed by atoms with Gasteiger partial charge in [0.05, 0.1) is 29.3 Å². The standard InChI is InChI=1S/C26H18FN3O5/c27-18-11-14-5-8-29-25(32)17(14)10-15(18)12-30-19-4-3-13-6-9-35-23(13)21(19)20(22(30)26(33)34)16-2-1-7-28-24(16)31/h1-4,6-7,9-11H,5,8,12H2,(H,28,31)(H,29,32)(H,33,34). The molecule has 6 rings (SSSR count). The largest absolute Gasteiger partial charge is 0.477 e. The number of H-pyrrole nitrogens is 1. The zero-order chi connectivity index (χ0) is 24.3.